The van der Waals surface area contributed by atoms with Crippen LogP contribution in [-0.2, 0) is 13.0 Å². The van der Waals surface area contributed by atoms with E-state index in [9.17, 15) is 5.11 Å². The van der Waals surface area contributed by atoms with Crippen molar-refractivity contribution in [2.24, 2.45) is 0 Å². The zero-order chi connectivity index (χ0) is 14.4. The number of aromatic nitrogens is 2. The molecule has 0 aliphatic heterocycles. The number of aliphatic hydroxyl groups excluding tert-OH is 1. The molecule has 2 aromatic heterocycles. The van der Waals surface area contributed by atoms with Crippen molar-refractivity contribution in [3.63, 3.8) is 0 Å². The van der Waals surface area contributed by atoms with Gasteiger partial charge in [-0.1, -0.05) is 24.9 Å². The highest BCUT2D eigenvalue weighted by Gasteiger charge is 2.10. The Morgan fingerprint density at radius 1 is 1.55 bits per heavy atom. The lowest BCUT2D eigenvalue weighted by molar-refractivity contribution is 0.174. The molecule has 3 N–H and O–H groups in total. The summed E-state index contributed by atoms with van der Waals surface area (Å²) in [6.07, 6.45) is 2.68. The average molecular weight is 314 g/mol. The van der Waals surface area contributed by atoms with E-state index >= 15 is 0 Å². The average Bonchev–Trinajstić information content (AvgIpc) is 3.07. The van der Waals surface area contributed by atoms with E-state index in [1.807, 2.05) is 16.8 Å². The van der Waals surface area contributed by atoms with Crippen molar-refractivity contribution in [3.05, 3.63) is 39.1 Å². The molecular formula is C14H20ClN3OS. The molecule has 4 nitrogen and oxygen atoms in total. The third kappa shape index (κ3) is 4.31. The Balaban J connectivity index is 1.80. The first-order valence-corrected chi connectivity index (χ1v) is 8.17. The van der Waals surface area contributed by atoms with Gasteiger partial charge < -0.3 is 15.4 Å². The maximum Gasteiger partial charge on any atom is 0.151 e. The summed E-state index contributed by atoms with van der Waals surface area (Å²) >= 11 is 7.68. The summed E-state index contributed by atoms with van der Waals surface area (Å²) in [5, 5.41) is 17.6. The van der Waals surface area contributed by atoms with Gasteiger partial charge >= 0.3 is 0 Å². The molecule has 2 heterocycles. The van der Waals surface area contributed by atoms with Gasteiger partial charge in [0, 0.05) is 19.5 Å². The number of rotatable bonds is 8. The number of halogens is 1. The van der Waals surface area contributed by atoms with E-state index in [2.05, 4.69) is 22.2 Å². The van der Waals surface area contributed by atoms with Crippen LogP contribution in [0.3, 0.4) is 0 Å². The Bertz CT molecular complexity index is 512. The number of H-pyrrole nitrogens is 1. The fourth-order valence-electron chi connectivity index (χ4n) is 1.94. The second-order valence-electron chi connectivity index (χ2n) is 4.76. The fraction of sp³-hybridized carbons (Fsp3) is 0.500. The first kappa shape index (κ1) is 15.5. The Kier molecular flexibility index (Phi) is 6.04. The number of nitrogens with zero attached hydrogens (tertiary/aromatic N) is 1. The summed E-state index contributed by atoms with van der Waals surface area (Å²) < 4.78 is 0. The number of nitrogens with one attached hydrogen (secondary N) is 2. The first-order chi connectivity index (χ1) is 9.70. The highest BCUT2D eigenvalue weighted by molar-refractivity contribution is 7.07. The summed E-state index contributed by atoms with van der Waals surface area (Å²) in [4.78, 5) is 7.54. The van der Waals surface area contributed by atoms with Crippen LogP contribution in [0.25, 0.3) is 0 Å². The van der Waals surface area contributed by atoms with Crippen LogP contribution in [0, 0.1) is 0 Å². The van der Waals surface area contributed by atoms with E-state index in [0.717, 1.165) is 36.3 Å². The van der Waals surface area contributed by atoms with Crippen molar-refractivity contribution in [2.75, 3.05) is 6.54 Å². The van der Waals surface area contributed by atoms with Gasteiger partial charge in [-0.05, 0) is 28.8 Å². The van der Waals surface area contributed by atoms with Gasteiger partial charge in [-0.15, -0.1) is 0 Å². The molecule has 0 saturated carbocycles. The molecule has 0 amide bonds. The fourth-order valence-corrected chi connectivity index (χ4v) is 2.86. The normalized spacial score (nSPS) is 12.8. The second kappa shape index (κ2) is 7.78. The van der Waals surface area contributed by atoms with Crippen molar-refractivity contribution < 1.29 is 5.11 Å². The van der Waals surface area contributed by atoms with Gasteiger partial charge in [0.15, 0.2) is 5.15 Å². The minimum Gasteiger partial charge on any atom is -0.387 e. The number of hydrogen-bond donors (Lipinski definition) is 3. The molecule has 0 bridgehead atoms. The van der Waals surface area contributed by atoms with E-state index in [-0.39, 0.29) is 0 Å². The van der Waals surface area contributed by atoms with Gasteiger partial charge in [-0.2, -0.15) is 11.3 Å². The smallest absolute Gasteiger partial charge is 0.151 e. The van der Waals surface area contributed by atoms with Crippen LogP contribution >= 0.6 is 22.9 Å². The van der Waals surface area contributed by atoms with Gasteiger partial charge in [0.2, 0.25) is 0 Å². The lowest BCUT2D eigenvalue weighted by Gasteiger charge is -2.09. The standard InChI is InChI=1S/C14H20ClN3OS/c1-2-3-4-13-17-11(14(15)18-13)7-16-8-12(19)10-5-6-20-9-10/h5-6,9,12,16,19H,2-4,7-8H2,1H3,(H,17,18). The van der Waals surface area contributed by atoms with Gasteiger partial charge in [0.1, 0.15) is 5.82 Å². The number of thiophene rings is 1. The summed E-state index contributed by atoms with van der Waals surface area (Å²) in [5.74, 6) is 0.937. The van der Waals surface area contributed by atoms with Crippen molar-refractivity contribution in [3.8, 4) is 0 Å². The summed E-state index contributed by atoms with van der Waals surface area (Å²) in [5.41, 5.74) is 1.83. The second-order valence-corrected chi connectivity index (χ2v) is 5.90. The molecule has 1 atom stereocenters. The molecule has 0 spiro atoms. The third-order valence-electron chi connectivity index (χ3n) is 3.11. The number of unbranched alkanes of at least 4 members (excludes halogenated alkanes) is 1. The molecule has 110 valence electrons. The van der Waals surface area contributed by atoms with Crippen molar-refractivity contribution in [1.82, 2.24) is 15.3 Å². The molecule has 20 heavy (non-hydrogen) atoms. The SMILES string of the molecule is CCCCc1nc(Cl)c(CNCC(O)c2ccsc2)[nH]1. The lowest BCUT2D eigenvalue weighted by atomic mass is 10.2. The number of aromatic amines is 1. The van der Waals surface area contributed by atoms with Crippen LogP contribution in [0.2, 0.25) is 5.15 Å². The predicted molar refractivity (Wildman–Crippen MR) is 83.2 cm³/mol. The highest BCUT2D eigenvalue weighted by atomic mass is 35.5. The molecule has 0 saturated heterocycles. The molecular weight excluding hydrogens is 294 g/mol. The molecule has 2 aromatic rings. The van der Waals surface area contributed by atoms with E-state index in [1.54, 1.807) is 11.3 Å². The summed E-state index contributed by atoms with van der Waals surface area (Å²) in [6, 6.07) is 1.93. The van der Waals surface area contributed by atoms with Crippen LogP contribution < -0.4 is 5.32 Å². The molecule has 0 fully saturated rings. The van der Waals surface area contributed by atoms with Gasteiger partial charge in [0.25, 0.3) is 0 Å². The van der Waals surface area contributed by atoms with E-state index in [1.165, 1.54) is 0 Å². The van der Waals surface area contributed by atoms with Crippen LogP contribution in [0.4, 0.5) is 0 Å². The van der Waals surface area contributed by atoms with E-state index < -0.39 is 6.10 Å². The molecule has 1 unspecified atom stereocenters. The van der Waals surface area contributed by atoms with E-state index in [4.69, 9.17) is 11.6 Å². The molecule has 0 aliphatic rings. The number of aryl methyl sites for hydroxylation is 1. The van der Waals surface area contributed by atoms with Crippen LogP contribution in [0.1, 0.15) is 43.0 Å². The summed E-state index contributed by atoms with van der Waals surface area (Å²) in [7, 11) is 0. The van der Waals surface area contributed by atoms with Gasteiger partial charge in [0.05, 0.1) is 11.8 Å². The highest BCUT2D eigenvalue weighted by Crippen LogP contribution is 2.16. The third-order valence-corrected chi connectivity index (χ3v) is 4.13. The Hall–Kier alpha value is -0.880. The molecule has 2 rings (SSSR count). The minimum atomic E-state index is -0.484. The quantitative estimate of drug-likeness (QED) is 0.701. The largest absolute Gasteiger partial charge is 0.387 e. The zero-order valence-electron chi connectivity index (χ0n) is 11.5. The maximum absolute atomic E-state index is 9.96. The minimum absolute atomic E-state index is 0.484. The Morgan fingerprint density at radius 3 is 3.10 bits per heavy atom. The monoisotopic (exact) mass is 313 g/mol. The van der Waals surface area contributed by atoms with Crippen molar-refractivity contribution in [1.29, 1.82) is 0 Å². The first-order valence-electron chi connectivity index (χ1n) is 6.84. The van der Waals surface area contributed by atoms with Crippen LogP contribution in [-0.4, -0.2) is 21.6 Å². The summed E-state index contributed by atoms with van der Waals surface area (Å²) in [6.45, 7) is 3.23. The molecule has 0 radical (unpaired) electrons. The van der Waals surface area contributed by atoms with Crippen molar-refractivity contribution in [2.45, 2.75) is 38.8 Å². The van der Waals surface area contributed by atoms with Crippen LogP contribution in [0.15, 0.2) is 16.8 Å². The van der Waals surface area contributed by atoms with E-state index in [0.29, 0.717) is 18.2 Å². The van der Waals surface area contributed by atoms with Gasteiger partial charge in [-0.25, -0.2) is 4.98 Å². The number of hydrogen-bond acceptors (Lipinski definition) is 4. The van der Waals surface area contributed by atoms with Crippen LogP contribution in [0.5, 0.6) is 0 Å². The molecule has 6 heteroatoms. The Labute approximate surface area is 128 Å². The number of imidazole rings is 1. The maximum atomic E-state index is 9.96. The Morgan fingerprint density at radius 2 is 2.40 bits per heavy atom. The number of aliphatic hydroxyl groups is 1. The lowest BCUT2D eigenvalue weighted by Crippen LogP contribution is -2.21. The van der Waals surface area contributed by atoms with Crippen molar-refractivity contribution >= 4 is 22.9 Å². The zero-order valence-corrected chi connectivity index (χ0v) is 13.1. The molecule has 0 aliphatic carbocycles. The molecule has 0 aromatic carbocycles. The predicted octanol–water partition coefficient (Wildman–Crippen LogP) is 3.29. The van der Waals surface area contributed by atoms with Gasteiger partial charge in [-0.3, -0.25) is 0 Å². The topological polar surface area (TPSA) is 60.9 Å².